The van der Waals surface area contributed by atoms with Crippen molar-refractivity contribution in [2.24, 2.45) is 0 Å². The van der Waals surface area contributed by atoms with Crippen LogP contribution in [0.1, 0.15) is 10.4 Å². The summed E-state index contributed by atoms with van der Waals surface area (Å²) in [5.74, 6) is -0.912. The van der Waals surface area contributed by atoms with Gasteiger partial charge in [-0.2, -0.15) is 0 Å². The third-order valence-corrected chi connectivity index (χ3v) is 6.49. The summed E-state index contributed by atoms with van der Waals surface area (Å²) in [5, 5.41) is 13.4. The van der Waals surface area contributed by atoms with Gasteiger partial charge < -0.3 is 5.11 Å². The summed E-state index contributed by atoms with van der Waals surface area (Å²) in [6.07, 6.45) is 0. The summed E-state index contributed by atoms with van der Waals surface area (Å²) in [4.78, 5) is 16.4. The number of halogens is 2. The quantitative estimate of drug-likeness (QED) is 0.558. The fourth-order valence-electron chi connectivity index (χ4n) is 1.73. The number of thiazole rings is 1. The van der Waals surface area contributed by atoms with Gasteiger partial charge in [0.2, 0.25) is 0 Å². The number of aromatic carboxylic acids is 1. The van der Waals surface area contributed by atoms with Gasteiger partial charge in [-0.3, -0.25) is 0 Å². The summed E-state index contributed by atoms with van der Waals surface area (Å²) in [7, 11) is 0. The first-order valence-electron chi connectivity index (χ1n) is 5.78. The van der Waals surface area contributed by atoms with Crippen molar-refractivity contribution in [1.82, 2.24) is 4.98 Å². The molecule has 0 saturated heterocycles. The van der Waals surface area contributed by atoms with E-state index in [2.05, 4.69) is 36.8 Å². The number of benzene rings is 1. The molecular formula is C14H7Br2NO2S2. The molecule has 0 aliphatic heterocycles. The SMILES string of the molecule is O=C(O)c1csc(-c2csc(-c3ccc(Br)c(Br)c3)n2)c1. The van der Waals surface area contributed by atoms with Gasteiger partial charge in [0.05, 0.1) is 16.1 Å². The number of carboxylic acid groups (broad SMARTS) is 1. The minimum Gasteiger partial charge on any atom is -0.478 e. The van der Waals surface area contributed by atoms with Crippen LogP contribution in [0.4, 0.5) is 0 Å². The molecule has 21 heavy (non-hydrogen) atoms. The molecule has 106 valence electrons. The third-order valence-electron chi connectivity index (χ3n) is 2.77. The molecule has 3 nitrogen and oxygen atoms in total. The molecule has 0 aliphatic rings. The van der Waals surface area contributed by atoms with Crippen molar-refractivity contribution < 1.29 is 9.90 Å². The normalized spacial score (nSPS) is 10.8. The largest absolute Gasteiger partial charge is 0.478 e. The molecule has 1 aromatic carbocycles. The van der Waals surface area contributed by atoms with Crippen molar-refractivity contribution in [2.45, 2.75) is 0 Å². The summed E-state index contributed by atoms with van der Waals surface area (Å²) >= 11 is 9.86. The Balaban J connectivity index is 1.95. The van der Waals surface area contributed by atoms with Crippen LogP contribution in [0.5, 0.6) is 0 Å². The highest BCUT2D eigenvalue weighted by molar-refractivity contribution is 9.13. The Morgan fingerprint density at radius 2 is 1.90 bits per heavy atom. The van der Waals surface area contributed by atoms with E-state index in [1.54, 1.807) is 22.8 Å². The lowest BCUT2D eigenvalue weighted by Crippen LogP contribution is -1.91. The Morgan fingerprint density at radius 3 is 2.57 bits per heavy atom. The Hall–Kier alpha value is -1.02. The van der Waals surface area contributed by atoms with Crippen molar-refractivity contribution in [3.63, 3.8) is 0 Å². The first-order chi connectivity index (χ1) is 10.0. The van der Waals surface area contributed by atoms with Gasteiger partial charge in [0.1, 0.15) is 5.01 Å². The van der Waals surface area contributed by atoms with Gasteiger partial charge in [-0.05, 0) is 50.1 Å². The molecule has 2 aromatic heterocycles. The molecule has 0 saturated carbocycles. The van der Waals surface area contributed by atoms with E-state index in [4.69, 9.17) is 5.11 Å². The lowest BCUT2D eigenvalue weighted by Gasteiger charge is -1.99. The number of thiophene rings is 1. The molecule has 3 aromatic rings. The summed E-state index contributed by atoms with van der Waals surface area (Å²) in [5.41, 5.74) is 2.14. The fourth-order valence-corrected chi connectivity index (χ4v) is 4.09. The van der Waals surface area contributed by atoms with Gasteiger partial charge in [0.15, 0.2) is 0 Å². The third kappa shape index (κ3) is 3.11. The predicted molar refractivity (Wildman–Crippen MR) is 93.2 cm³/mol. The molecule has 0 unspecified atom stereocenters. The molecule has 1 N–H and O–H groups in total. The monoisotopic (exact) mass is 443 g/mol. The van der Waals surface area contributed by atoms with Crippen LogP contribution in [0.15, 0.2) is 44.0 Å². The molecule has 3 rings (SSSR count). The molecule has 7 heteroatoms. The van der Waals surface area contributed by atoms with Crippen LogP contribution in [0.25, 0.3) is 21.1 Å². The first kappa shape index (κ1) is 14.9. The van der Waals surface area contributed by atoms with Gasteiger partial charge in [-0.15, -0.1) is 22.7 Å². The average molecular weight is 445 g/mol. The van der Waals surface area contributed by atoms with Crippen molar-refractivity contribution >= 4 is 60.5 Å². The Kier molecular flexibility index (Phi) is 4.26. The number of carboxylic acids is 1. The van der Waals surface area contributed by atoms with Gasteiger partial charge in [-0.1, -0.05) is 6.07 Å². The Bertz CT molecular complexity index is 826. The van der Waals surface area contributed by atoms with E-state index in [0.29, 0.717) is 5.56 Å². The highest BCUT2D eigenvalue weighted by atomic mass is 79.9. The fraction of sp³-hybridized carbons (Fsp3) is 0. The zero-order chi connectivity index (χ0) is 15.0. The Morgan fingerprint density at radius 1 is 1.10 bits per heavy atom. The standard InChI is InChI=1S/C14H7Br2NO2S2/c15-9-2-1-7(3-10(9)16)13-17-11(6-21-13)12-4-8(5-20-12)14(18)19/h1-6H,(H,18,19). The Labute approximate surface area is 145 Å². The lowest BCUT2D eigenvalue weighted by molar-refractivity contribution is 0.0697. The van der Waals surface area contributed by atoms with Crippen LogP contribution in [-0.4, -0.2) is 16.1 Å². The number of nitrogens with zero attached hydrogens (tertiary/aromatic N) is 1. The van der Waals surface area contributed by atoms with E-state index in [1.165, 1.54) is 11.3 Å². The van der Waals surface area contributed by atoms with E-state index < -0.39 is 5.97 Å². The molecule has 2 heterocycles. The zero-order valence-corrected chi connectivity index (χ0v) is 15.1. The molecule has 0 radical (unpaired) electrons. The highest BCUT2D eigenvalue weighted by Gasteiger charge is 2.12. The summed E-state index contributed by atoms with van der Waals surface area (Å²) in [6, 6.07) is 7.62. The van der Waals surface area contributed by atoms with Crippen molar-refractivity contribution in [3.05, 3.63) is 49.5 Å². The van der Waals surface area contributed by atoms with E-state index in [9.17, 15) is 4.79 Å². The van der Waals surface area contributed by atoms with Gasteiger partial charge in [0, 0.05) is 25.3 Å². The molecule has 0 bridgehead atoms. The van der Waals surface area contributed by atoms with Crippen LogP contribution < -0.4 is 0 Å². The molecule has 0 spiro atoms. The van der Waals surface area contributed by atoms with E-state index in [0.717, 1.165) is 30.1 Å². The second-order valence-electron chi connectivity index (χ2n) is 4.17. The van der Waals surface area contributed by atoms with Crippen LogP contribution >= 0.6 is 54.5 Å². The maximum absolute atomic E-state index is 10.9. The van der Waals surface area contributed by atoms with E-state index >= 15 is 0 Å². The highest BCUT2D eigenvalue weighted by Crippen LogP contribution is 2.34. The molecule has 0 fully saturated rings. The van der Waals surface area contributed by atoms with Crippen molar-refractivity contribution in [2.75, 3.05) is 0 Å². The smallest absolute Gasteiger partial charge is 0.336 e. The summed E-state index contributed by atoms with van der Waals surface area (Å²) < 4.78 is 1.97. The average Bonchev–Trinajstić information content (AvgIpc) is 3.09. The molecular weight excluding hydrogens is 438 g/mol. The second kappa shape index (κ2) is 6.00. The van der Waals surface area contributed by atoms with Gasteiger partial charge >= 0.3 is 5.97 Å². The summed E-state index contributed by atoms with van der Waals surface area (Å²) in [6.45, 7) is 0. The minimum absolute atomic E-state index is 0.302. The van der Waals surface area contributed by atoms with Crippen LogP contribution in [-0.2, 0) is 0 Å². The van der Waals surface area contributed by atoms with E-state index in [-0.39, 0.29) is 0 Å². The van der Waals surface area contributed by atoms with Gasteiger partial charge in [-0.25, -0.2) is 9.78 Å². The number of hydrogen-bond acceptors (Lipinski definition) is 4. The maximum Gasteiger partial charge on any atom is 0.336 e. The van der Waals surface area contributed by atoms with Crippen molar-refractivity contribution in [3.8, 4) is 21.1 Å². The topological polar surface area (TPSA) is 50.2 Å². The zero-order valence-electron chi connectivity index (χ0n) is 10.3. The van der Waals surface area contributed by atoms with Crippen LogP contribution in [0.3, 0.4) is 0 Å². The van der Waals surface area contributed by atoms with E-state index in [1.807, 2.05) is 23.6 Å². The molecule has 0 atom stereocenters. The first-order valence-corrected chi connectivity index (χ1v) is 9.12. The predicted octanol–water partition coefficient (Wildman–Crippen LogP) is 5.76. The van der Waals surface area contributed by atoms with Crippen LogP contribution in [0, 0.1) is 0 Å². The number of aromatic nitrogens is 1. The van der Waals surface area contributed by atoms with Gasteiger partial charge in [0.25, 0.3) is 0 Å². The lowest BCUT2D eigenvalue weighted by atomic mass is 10.2. The molecule has 0 aliphatic carbocycles. The maximum atomic E-state index is 10.9. The van der Waals surface area contributed by atoms with Crippen molar-refractivity contribution in [1.29, 1.82) is 0 Å². The molecule has 0 amide bonds. The number of rotatable bonds is 3. The number of carbonyl (C=O) groups is 1. The second-order valence-corrected chi connectivity index (χ2v) is 7.65. The van der Waals surface area contributed by atoms with Crippen LogP contribution in [0.2, 0.25) is 0 Å². The number of hydrogen-bond donors (Lipinski definition) is 1. The minimum atomic E-state index is -0.912.